The number of carbonyl (C=O) groups excluding carboxylic acids is 1. The van der Waals surface area contributed by atoms with E-state index in [1.165, 1.54) is 6.33 Å². The predicted molar refractivity (Wildman–Crippen MR) is 64.9 cm³/mol. The molecule has 1 aromatic rings. The Bertz CT molecular complexity index is 340. The van der Waals surface area contributed by atoms with Crippen molar-refractivity contribution in [3.05, 3.63) is 18.7 Å². The summed E-state index contributed by atoms with van der Waals surface area (Å²) in [5, 5.41) is 2.70. The minimum atomic E-state index is -1.28. The van der Waals surface area contributed by atoms with Crippen LogP contribution in [0.4, 0.5) is 0 Å². The standard InChI is InChI=1S/C9H12Cl3N3O/c1-2-7(16)14-8(9(11,12)5-10)15-4-3-13-6-15/h3-4,6,8H,2,5H2,1H3,(H,14,16). The van der Waals surface area contributed by atoms with Gasteiger partial charge in [-0.05, 0) is 0 Å². The van der Waals surface area contributed by atoms with Crippen molar-refractivity contribution in [3.63, 3.8) is 0 Å². The predicted octanol–water partition coefficient (Wildman–Crippen LogP) is 2.32. The van der Waals surface area contributed by atoms with E-state index < -0.39 is 10.5 Å². The number of amides is 1. The van der Waals surface area contributed by atoms with Gasteiger partial charge in [-0.1, -0.05) is 30.1 Å². The van der Waals surface area contributed by atoms with Gasteiger partial charge in [0.1, 0.15) is 6.17 Å². The van der Waals surface area contributed by atoms with E-state index in [4.69, 9.17) is 34.8 Å². The van der Waals surface area contributed by atoms with Crippen LogP contribution in [0.25, 0.3) is 0 Å². The molecule has 0 saturated carbocycles. The van der Waals surface area contributed by atoms with E-state index >= 15 is 0 Å². The topological polar surface area (TPSA) is 46.9 Å². The first-order valence-electron chi connectivity index (χ1n) is 4.72. The molecule has 7 heteroatoms. The molecule has 1 amide bonds. The van der Waals surface area contributed by atoms with E-state index in [-0.39, 0.29) is 11.8 Å². The molecule has 4 nitrogen and oxygen atoms in total. The highest BCUT2D eigenvalue weighted by atomic mass is 35.5. The number of alkyl halides is 3. The van der Waals surface area contributed by atoms with Crippen LogP contribution in [0.15, 0.2) is 18.7 Å². The van der Waals surface area contributed by atoms with Gasteiger partial charge in [0.2, 0.25) is 5.91 Å². The molecule has 1 N–H and O–H groups in total. The van der Waals surface area contributed by atoms with E-state index in [2.05, 4.69) is 10.3 Å². The Kier molecular flexibility index (Phi) is 4.89. The average Bonchev–Trinajstić information content (AvgIpc) is 2.78. The maximum atomic E-state index is 11.4. The number of imidazole rings is 1. The summed E-state index contributed by atoms with van der Waals surface area (Å²) in [5.74, 6) is -0.169. The third kappa shape index (κ3) is 3.27. The van der Waals surface area contributed by atoms with Gasteiger partial charge in [0.05, 0.1) is 12.2 Å². The SMILES string of the molecule is CCC(=O)NC(n1ccnc1)C(Cl)(Cl)CCl. The van der Waals surface area contributed by atoms with E-state index in [1.54, 1.807) is 23.9 Å². The molecule has 16 heavy (non-hydrogen) atoms. The first-order chi connectivity index (χ1) is 7.51. The van der Waals surface area contributed by atoms with Gasteiger partial charge in [-0.15, -0.1) is 11.6 Å². The fourth-order valence-electron chi connectivity index (χ4n) is 1.15. The third-order valence-electron chi connectivity index (χ3n) is 2.02. The molecular formula is C9H12Cl3N3O. The van der Waals surface area contributed by atoms with Gasteiger partial charge in [0.15, 0.2) is 4.33 Å². The molecule has 1 heterocycles. The van der Waals surface area contributed by atoms with Crippen molar-refractivity contribution in [1.82, 2.24) is 14.9 Å². The molecule has 0 fully saturated rings. The number of rotatable bonds is 5. The Morgan fingerprint density at radius 1 is 1.62 bits per heavy atom. The highest BCUT2D eigenvalue weighted by Crippen LogP contribution is 2.33. The lowest BCUT2D eigenvalue weighted by Crippen LogP contribution is -2.43. The van der Waals surface area contributed by atoms with Gasteiger partial charge in [0, 0.05) is 18.8 Å². The summed E-state index contributed by atoms with van der Waals surface area (Å²) in [6.45, 7) is 1.74. The quantitative estimate of drug-likeness (QED) is 0.844. The second-order valence-corrected chi connectivity index (χ2v) is 5.04. The molecule has 1 aromatic heterocycles. The molecule has 0 aliphatic carbocycles. The highest BCUT2D eigenvalue weighted by Gasteiger charge is 2.36. The minimum absolute atomic E-state index is 0.0110. The number of aromatic nitrogens is 2. The molecule has 0 aliphatic rings. The first-order valence-corrected chi connectivity index (χ1v) is 6.01. The molecule has 0 spiro atoms. The van der Waals surface area contributed by atoms with Gasteiger partial charge in [-0.3, -0.25) is 4.79 Å². The smallest absolute Gasteiger partial charge is 0.221 e. The van der Waals surface area contributed by atoms with Crippen LogP contribution < -0.4 is 5.32 Å². The van der Waals surface area contributed by atoms with Crippen LogP contribution >= 0.6 is 34.8 Å². The van der Waals surface area contributed by atoms with Gasteiger partial charge >= 0.3 is 0 Å². The molecule has 0 aliphatic heterocycles. The van der Waals surface area contributed by atoms with E-state index in [0.717, 1.165) is 0 Å². The number of hydrogen-bond acceptors (Lipinski definition) is 2. The first kappa shape index (κ1) is 13.6. The third-order valence-corrected chi connectivity index (χ3v) is 3.40. The molecular weight excluding hydrogens is 272 g/mol. The molecule has 1 unspecified atom stereocenters. The van der Waals surface area contributed by atoms with Crippen molar-refractivity contribution in [2.24, 2.45) is 0 Å². The number of carbonyl (C=O) groups is 1. The van der Waals surface area contributed by atoms with Crippen LogP contribution in [-0.4, -0.2) is 25.7 Å². The zero-order valence-corrected chi connectivity index (χ0v) is 10.9. The van der Waals surface area contributed by atoms with Crippen LogP contribution in [0.1, 0.15) is 19.5 Å². The lowest BCUT2D eigenvalue weighted by Gasteiger charge is -2.29. The van der Waals surface area contributed by atoms with Gasteiger partial charge in [-0.2, -0.15) is 0 Å². The highest BCUT2D eigenvalue weighted by molar-refractivity contribution is 6.51. The Morgan fingerprint density at radius 3 is 2.75 bits per heavy atom. The van der Waals surface area contributed by atoms with E-state index in [1.807, 2.05) is 0 Å². The zero-order chi connectivity index (χ0) is 12.2. The van der Waals surface area contributed by atoms with Crippen molar-refractivity contribution in [2.45, 2.75) is 23.8 Å². The molecule has 0 bridgehead atoms. The Labute approximate surface area is 109 Å². The average molecular weight is 285 g/mol. The summed E-state index contributed by atoms with van der Waals surface area (Å²) in [6.07, 6.45) is 4.46. The van der Waals surface area contributed by atoms with Gasteiger partial charge in [0.25, 0.3) is 0 Å². The lowest BCUT2D eigenvalue weighted by atomic mass is 10.3. The number of nitrogens with one attached hydrogen (secondary N) is 1. The van der Waals surface area contributed by atoms with Crippen molar-refractivity contribution in [3.8, 4) is 0 Å². The van der Waals surface area contributed by atoms with Gasteiger partial charge < -0.3 is 9.88 Å². The number of nitrogens with zero attached hydrogens (tertiary/aromatic N) is 2. The van der Waals surface area contributed by atoms with Crippen LogP contribution in [-0.2, 0) is 4.79 Å². The van der Waals surface area contributed by atoms with Crippen molar-refractivity contribution < 1.29 is 4.79 Å². The van der Waals surface area contributed by atoms with Crippen LogP contribution in [0.3, 0.4) is 0 Å². The summed E-state index contributed by atoms with van der Waals surface area (Å²) in [4.78, 5) is 15.3. The Morgan fingerprint density at radius 2 is 2.31 bits per heavy atom. The molecule has 0 aromatic carbocycles. The number of halogens is 3. The number of hydrogen-bond donors (Lipinski definition) is 1. The second kappa shape index (κ2) is 5.75. The normalized spacial score (nSPS) is 13.5. The van der Waals surface area contributed by atoms with Crippen molar-refractivity contribution >= 4 is 40.7 Å². The van der Waals surface area contributed by atoms with Crippen molar-refractivity contribution in [2.75, 3.05) is 5.88 Å². The molecule has 90 valence electrons. The van der Waals surface area contributed by atoms with E-state index in [0.29, 0.717) is 6.42 Å². The molecule has 0 radical (unpaired) electrons. The minimum Gasteiger partial charge on any atom is -0.333 e. The monoisotopic (exact) mass is 283 g/mol. The maximum absolute atomic E-state index is 11.4. The Balaban J connectivity index is 2.90. The summed E-state index contributed by atoms with van der Waals surface area (Å²) in [6, 6.07) is 0. The largest absolute Gasteiger partial charge is 0.333 e. The summed E-state index contributed by atoms with van der Waals surface area (Å²) >= 11 is 17.8. The van der Waals surface area contributed by atoms with Crippen LogP contribution in [0, 0.1) is 0 Å². The summed E-state index contributed by atoms with van der Waals surface area (Å²) < 4.78 is 0.322. The summed E-state index contributed by atoms with van der Waals surface area (Å²) in [7, 11) is 0. The van der Waals surface area contributed by atoms with Gasteiger partial charge in [-0.25, -0.2) is 4.98 Å². The second-order valence-electron chi connectivity index (χ2n) is 3.23. The van der Waals surface area contributed by atoms with Crippen LogP contribution in [0.2, 0.25) is 0 Å². The van der Waals surface area contributed by atoms with Crippen LogP contribution in [0.5, 0.6) is 0 Å². The molecule has 1 atom stereocenters. The van der Waals surface area contributed by atoms with E-state index in [9.17, 15) is 4.79 Å². The van der Waals surface area contributed by atoms with Crippen molar-refractivity contribution in [1.29, 1.82) is 0 Å². The summed E-state index contributed by atoms with van der Waals surface area (Å²) in [5.41, 5.74) is 0. The molecule has 0 saturated heterocycles. The lowest BCUT2D eigenvalue weighted by molar-refractivity contribution is -0.122. The fourth-order valence-corrected chi connectivity index (χ4v) is 1.63. The molecule has 1 rings (SSSR count). The maximum Gasteiger partial charge on any atom is 0.221 e. The zero-order valence-electron chi connectivity index (χ0n) is 8.66. The Hall–Kier alpha value is -0.450. The fraction of sp³-hybridized carbons (Fsp3) is 0.556.